The van der Waals surface area contributed by atoms with Crippen LogP contribution in [0, 0.1) is 0 Å². The van der Waals surface area contributed by atoms with Gasteiger partial charge in [-0.15, -0.1) is 0 Å². The molecule has 1 heterocycles. The van der Waals surface area contributed by atoms with E-state index in [1.807, 2.05) is 4.98 Å². The fourth-order valence-electron chi connectivity index (χ4n) is 0.450. The lowest BCUT2D eigenvalue weighted by atomic mass is 10.4. The van der Waals surface area contributed by atoms with Gasteiger partial charge in [-0.3, -0.25) is 9.78 Å². The van der Waals surface area contributed by atoms with Crippen molar-refractivity contribution in [3.05, 3.63) is 22.5 Å². The summed E-state index contributed by atoms with van der Waals surface area (Å²) in [4.78, 5) is 12.2. The van der Waals surface area contributed by atoms with E-state index in [4.69, 9.17) is 5.11 Å². The fourth-order valence-corrected chi connectivity index (χ4v) is 0.450. The predicted octanol–water partition coefficient (Wildman–Crippen LogP) is -0.846. The highest BCUT2D eigenvalue weighted by molar-refractivity contribution is 5.27. The van der Waals surface area contributed by atoms with Crippen LogP contribution < -0.4 is 10.7 Å². The molecular weight excluding hydrogens is 122 g/mol. The van der Waals surface area contributed by atoms with Gasteiger partial charge in [0.05, 0.1) is 0 Å². The molecule has 0 atom stereocenters. The average molecular weight is 126 g/mol. The molecule has 48 valence electrons. The highest BCUT2D eigenvalue weighted by atomic mass is 16.3. The summed E-state index contributed by atoms with van der Waals surface area (Å²) in [6.45, 7) is 0. The molecule has 2 N–H and O–H groups in total. The number of aromatic amines is 1. The molecule has 0 aliphatic heterocycles. The van der Waals surface area contributed by atoms with Crippen molar-refractivity contribution in [2.24, 2.45) is 0 Å². The third-order valence-corrected chi connectivity index (χ3v) is 0.861. The Hall–Kier alpha value is -1.45. The molecule has 4 heteroatoms. The van der Waals surface area contributed by atoms with Crippen molar-refractivity contribution in [1.82, 2.24) is 4.98 Å². The molecule has 0 bridgehead atoms. The number of hydrogen-bond donors (Lipinski definition) is 2. The van der Waals surface area contributed by atoms with E-state index < -0.39 is 17.2 Å². The third kappa shape index (κ3) is 1.02. The third-order valence-electron chi connectivity index (χ3n) is 0.861. The number of aromatic nitrogens is 1. The zero-order valence-corrected chi connectivity index (χ0v) is 4.42. The molecule has 0 amide bonds. The van der Waals surface area contributed by atoms with Crippen molar-refractivity contribution >= 4 is 0 Å². The number of pyridine rings is 1. The van der Waals surface area contributed by atoms with E-state index in [2.05, 4.69) is 0 Å². The summed E-state index contributed by atoms with van der Waals surface area (Å²) in [7, 11) is 0. The van der Waals surface area contributed by atoms with Crippen LogP contribution in [0.25, 0.3) is 0 Å². The monoisotopic (exact) mass is 126 g/mol. The minimum atomic E-state index is -0.609. The summed E-state index contributed by atoms with van der Waals surface area (Å²) in [5, 5.41) is 18.9. The van der Waals surface area contributed by atoms with Crippen LogP contribution >= 0.6 is 0 Å². The van der Waals surface area contributed by atoms with Gasteiger partial charge in [-0.2, -0.15) is 0 Å². The maximum absolute atomic E-state index is 10.4. The van der Waals surface area contributed by atoms with Crippen molar-refractivity contribution in [3.8, 4) is 11.6 Å². The van der Waals surface area contributed by atoms with Crippen LogP contribution in [0.4, 0.5) is 0 Å². The molecule has 0 aliphatic rings. The Bertz CT molecular complexity index is 265. The molecule has 1 rings (SSSR count). The Morgan fingerprint density at radius 2 is 2.22 bits per heavy atom. The molecule has 0 aliphatic carbocycles. The van der Waals surface area contributed by atoms with Gasteiger partial charge in [-0.05, 0) is 5.75 Å². The summed E-state index contributed by atoms with van der Waals surface area (Å²) in [6.07, 6.45) is 0. The average Bonchev–Trinajstić information content (AvgIpc) is 1.80. The second kappa shape index (κ2) is 1.81. The van der Waals surface area contributed by atoms with Crippen LogP contribution in [0.5, 0.6) is 11.6 Å². The second-order valence-electron chi connectivity index (χ2n) is 1.54. The Labute approximate surface area is 50.4 Å². The predicted molar refractivity (Wildman–Crippen MR) is 28.2 cm³/mol. The SMILES string of the molecule is O=c1ccc([O-])c(O)[nH]1. The van der Waals surface area contributed by atoms with E-state index in [1.54, 1.807) is 0 Å². The Morgan fingerprint density at radius 3 is 2.67 bits per heavy atom. The molecule has 9 heavy (non-hydrogen) atoms. The van der Waals surface area contributed by atoms with E-state index in [0.717, 1.165) is 12.1 Å². The lowest BCUT2D eigenvalue weighted by Gasteiger charge is -2.03. The quantitative estimate of drug-likeness (QED) is 0.475. The van der Waals surface area contributed by atoms with Gasteiger partial charge in [0.15, 0.2) is 5.88 Å². The highest BCUT2D eigenvalue weighted by Gasteiger charge is 1.86. The standard InChI is InChI=1S/C5H5NO3/c7-3-1-2-4(8)6-5(3)9/h1-2,7H,(H2,6,8,9)/p-1. The van der Waals surface area contributed by atoms with Gasteiger partial charge in [-0.1, -0.05) is 6.07 Å². The molecule has 1 aromatic heterocycles. The van der Waals surface area contributed by atoms with Gasteiger partial charge in [0, 0.05) is 6.07 Å². The van der Waals surface area contributed by atoms with Crippen LogP contribution in [0.15, 0.2) is 16.9 Å². The summed E-state index contributed by atoms with van der Waals surface area (Å²) in [6, 6.07) is 2.07. The van der Waals surface area contributed by atoms with Gasteiger partial charge >= 0.3 is 0 Å². The van der Waals surface area contributed by atoms with Crippen LogP contribution in [-0.2, 0) is 0 Å². The first-order valence-corrected chi connectivity index (χ1v) is 2.29. The normalized spacial score (nSPS) is 9.33. The molecule has 0 aromatic carbocycles. The number of aromatic hydroxyl groups is 1. The Kier molecular flexibility index (Phi) is 1.14. The molecule has 0 saturated heterocycles. The number of hydrogen-bond acceptors (Lipinski definition) is 3. The van der Waals surface area contributed by atoms with Gasteiger partial charge in [0.25, 0.3) is 5.56 Å². The van der Waals surface area contributed by atoms with Crippen molar-refractivity contribution in [2.45, 2.75) is 0 Å². The van der Waals surface area contributed by atoms with Gasteiger partial charge in [-0.25, -0.2) is 0 Å². The van der Waals surface area contributed by atoms with Gasteiger partial charge in [0.2, 0.25) is 0 Å². The van der Waals surface area contributed by atoms with Crippen LogP contribution in [0.1, 0.15) is 0 Å². The van der Waals surface area contributed by atoms with E-state index >= 15 is 0 Å². The maximum Gasteiger partial charge on any atom is 0.250 e. The number of rotatable bonds is 0. The maximum atomic E-state index is 10.4. The van der Waals surface area contributed by atoms with Crippen molar-refractivity contribution < 1.29 is 10.2 Å². The van der Waals surface area contributed by atoms with E-state index in [1.165, 1.54) is 0 Å². The Morgan fingerprint density at radius 1 is 1.56 bits per heavy atom. The minimum Gasteiger partial charge on any atom is -0.869 e. The van der Waals surface area contributed by atoms with Crippen molar-refractivity contribution in [3.63, 3.8) is 0 Å². The van der Waals surface area contributed by atoms with Gasteiger partial charge in [0.1, 0.15) is 0 Å². The molecule has 1 aromatic rings. The summed E-state index contributed by atoms with van der Waals surface area (Å²) in [5.41, 5.74) is -0.480. The molecule has 0 spiro atoms. The smallest absolute Gasteiger partial charge is 0.250 e. The minimum absolute atomic E-state index is 0.480. The summed E-state index contributed by atoms with van der Waals surface area (Å²) >= 11 is 0. The van der Waals surface area contributed by atoms with Crippen LogP contribution in [0.2, 0.25) is 0 Å². The first-order valence-electron chi connectivity index (χ1n) is 2.29. The first-order chi connectivity index (χ1) is 4.20. The molecule has 0 saturated carbocycles. The van der Waals surface area contributed by atoms with E-state index in [0.29, 0.717) is 0 Å². The second-order valence-corrected chi connectivity index (χ2v) is 1.54. The molecular formula is C5H4NO3-. The molecule has 0 fully saturated rings. The molecule has 0 unspecified atom stereocenters. The largest absolute Gasteiger partial charge is 0.869 e. The van der Waals surface area contributed by atoms with Gasteiger partial charge < -0.3 is 10.2 Å². The van der Waals surface area contributed by atoms with Crippen molar-refractivity contribution in [2.75, 3.05) is 0 Å². The first kappa shape index (κ1) is 5.68. The highest BCUT2D eigenvalue weighted by Crippen LogP contribution is 2.12. The van der Waals surface area contributed by atoms with Crippen molar-refractivity contribution in [1.29, 1.82) is 0 Å². The zero-order valence-electron chi connectivity index (χ0n) is 4.42. The number of nitrogens with one attached hydrogen (secondary N) is 1. The van der Waals surface area contributed by atoms with E-state index in [9.17, 15) is 9.90 Å². The van der Waals surface area contributed by atoms with E-state index in [-0.39, 0.29) is 0 Å². The Balaban J connectivity index is 3.34. The summed E-state index contributed by atoms with van der Waals surface area (Å²) in [5.74, 6) is -1.18. The number of H-pyrrole nitrogens is 1. The summed E-state index contributed by atoms with van der Waals surface area (Å²) < 4.78 is 0. The molecule has 0 radical (unpaired) electrons. The lowest BCUT2D eigenvalue weighted by Crippen LogP contribution is -2.04. The fraction of sp³-hybridized carbons (Fsp3) is 0. The van der Waals surface area contributed by atoms with Crippen LogP contribution in [0.3, 0.4) is 0 Å². The van der Waals surface area contributed by atoms with Crippen LogP contribution in [-0.4, -0.2) is 10.1 Å². The molecule has 4 nitrogen and oxygen atoms in total. The zero-order chi connectivity index (χ0) is 6.85. The lowest BCUT2D eigenvalue weighted by molar-refractivity contribution is -0.270. The topological polar surface area (TPSA) is 76.2 Å².